The van der Waals surface area contributed by atoms with Gasteiger partial charge in [-0.3, -0.25) is 14.9 Å². The topological polar surface area (TPSA) is 108 Å². The number of nitrogens with one attached hydrogen (secondary N) is 1. The van der Waals surface area contributed by atoms with E-state index in [0.29, 0.717) is 4.88 Å². The molecule has 2 aromatic carbocycles. The fourth-order valence-electron chi connectivity index (χ4n) is 2.65. The van der Waals surface area contributed by atoms with Gasteiger partial charge in [0.15, 0.2) is 6.61 Å². The van der Waals surface area contributed by atoms with Gasteiger partial charge < -0.3 is 14.8 Å². The SMILES string of the molecule is COc1cc([N+](=O)[O-])ccc1NC(=O)COC(=O)c1sc2ccccc2c1C. The molecule has 144 valence electrons. The van der Waals surface area contributed by atoms with E-state index in [0.717, 1.165) is 15.6 Å². The van der Waals surface area contributed by atoms with Crippen molar-refractivity contribution in [3.05, 3.63) is 63.0 Å². The zero-order chi connectivity index (χ0) is 20.3. The summed E-state index contributed by atoms with van der Waals surface area (Å²) in [5, 5.41) is 14.3. The molecule has 0 saturated heterocycles. The number of fused-ring (bicyclic) bond motifs is 1. The maximum absolute atomic E-state index is 12.3. The summed E-state index contributed by atoms with van der Waals surface area (Å²) in [7, 11) is 1.33. The molecular weight excluding hydrogens is 384 g/mol. The molecule has 0 fully saturated rings. The number of benzene rings is 2. The first kappa shape index (κ1) is 19.3. The maximum Gasteiger partial charge on any atom is 0.349 e. The first-order valence-corrected chi connectivity index (χ1v) is 9.00. The monoisotopic (exact) mass is 400 g/mol. The first-order valence-electron chi connectivity index (χ1n) is 8.18. The fraction of sp³-hybridized carbons (Fsp3) is 0.158. The summed E-state index contributed by atoms with van der Waals surface area (Å²) >= 11 is 1.31. The summed E-state index contributed by atoms with van der Waals surface area (Å²) in [4.78, 5) is 35.2. The minimum Gasteiger partial charge on any atom is -0.494 e. The number of nitro benzene ring substituents is 1. The summed E-state index contributed by atoms with van der Waals surface area (Å²) in [6.07, 6.45) is 0. The average Bonchev–Trinajstić information content (AvgIpc) is 3.03. The Morgan fingerprint density at radius 1 is 1.21 bits per heavy atom. The van der Waals surface area contributed by atoms with Crippen molar-refractivity contribution in [1.82, 2.24) is 0 Å². The number of thiophene rings is 1. The van der Waals surface area contributed by atoms with Crippen LogP contribution in [0.1, 0.15) is 15.2 Å². The third kappa shape index (κ3) is 3.94. The van der Waals surface area contributed by atoms with Gasteiger partial charge in [0.25, 0.3) is 11.6 Å². The van der Waals surface area contributed by atoms with Crippen LogP contribution < -0.4 is 10.1 Å². The van der Waals surface area contributed by atoms with Crippen LogP contribution in [0.5, 0.6) is 5.75 Å². The van der Waals surface area contributed by atoms with Crippen LogP contribution in [0.4, 0.5) is 11.4 Å². The molecule has 0 aliphatic rings. The molecule has 3 rings (SSSR count). The molecule has 1 N–H and O–H groups in total. The van der Waals surface area contributed by atoms with Crippen LogP contribution in [-0.4, -0.2) is 30.5 Å². The number of hydrogen-bond donors (Lipinski definition) is 1. The summed E-state index contributed by atoms with van der Waals surface area (Å²) in [6, 6.07) is 11.4. The lowest BCUT2D eigenvalue weighted by Gasteiger charge is -2.10. The van der Waals surface area contributed by atoms with Crippen LogP contribution >= 0.6 is 11.3 Å². The molecule has 8 nitrogen and oxygen atoms in total. The molecule has 1 heterocycles. The van der Waals surface area contributed by atoms with Crippen molar-refractivity contribution in [1.29, 1.82) is 0 Å². The Hall–Kier alpha value is -3.46. The van der Waals surface area contributed by atoms with E-state index in [2.05, 4.69) is 5.32 Å². The second-order valence-corrected chi connectivity index (χ2v) is 6.87. The van der Waals surface area contributed by atoms with Gasteiger partial charge in [-0.2, -0.15) is 0 Å². The van der Waals surface area contributed by atoms with Gasteiger partial charge in [-0.25, -0.2) is 4.79 Å². The highest BCUT2D eigenvalue weighted by Gasteiger charge is 2.19. The number of anilines is 1. The lowest BCUT2D eigenvalue weighted by molar-refractivity contribution is -0.384. The van der Waals surface area contributed by atoms with Crippen molar-refractivity contribution in [3.8, 4) is 5.75 Å². The van der Waals surface area contributed by atoms with Gasteiger partial charge in [-0.1, -0.05) is 18.2 Å². The molecule has 0 saturated carbocycles. The standard InChI is InChI=1S/C19H16N2O6S/c1-11-13-5-3-4-6-16(13)28-18(11)19(23)27-10-17(22)20-14-8-7-12(21(24)25)9-15(14)26-2/h3-9H,10H2,1-2H3,(H,20,22). The van der Waals surface area contributed by atoms with E-state index >= 15 is 0 Å². The highest BCUT2D eigenvalue weighted by molar-refractivity contribution is 7.21. The van der Waals surface area contributed by atoms with Crippen molar-refractivity contribution in [3.63, 3.8) is 0 Å². The van der Waals surface area contributed by atoms with Gasteiger partial charge in [0, 0.05) is 10.8 Å². The van der Waals surface area contributed by atoms with E-state index in [-0.39, 0.29) is 17.1 Å². The maximum atomic E-state index is 12.3. The molecular formula is C19H16N2O6S. The van der Waals surface area contributed by atoms with Gasteiger partial charge in [0.1, 0.15) is 10.6 Å². The Labute approximate surface area is 163 Å². The second-order valence-electron chi connectivity index (χ2n) is 5.82. The van der Waals surface area contributed by atoms with Gasteiger partial charge in [0.05, 0.1) is 23.8 Å². The summed E-state index contributed by atoms with van der Waals surface area (Å²) in [6.45, 7) is 1.34. The summed E-state index contributed by atoms with van der Waals surface area (Å²) in [5.41, 5.74) is 0.886. The van der Waals surface area contributed by atoms with Crippen LogP contribution in [0.25, 0.3) is 10.1 Å². The summed E-state index contributed by atoms with van der Waals surface area (Å²) < 4.78 is 11.1. The minimum atomic E-state index is -0.584. The Bertz CT molecular complexity index is 1080. The van der Waals surface area contributed by atoms with E-state index in [4.69, 9.17) is 9.47 Å². The molecule has 3 aromatic rings. The van der Waals surface area contributed by atoms with Crippen LogP contribution in [0.3, 0.4) is 0 Å². The smallest absolute Gasteiger partial charge is 0.349 e. The number of methoxy groups -OCH3 is 1. The number of esters is 1. The van der Waals surface area contributed by atoms with E-state index in [9.17, 15) is 19.7 Å². The molecule has 28 heavy (non-hydrogen) atoms. The van der Waals surface area contributed by atoms with Gasteiger partial charge >= 0.3 is 5.97 Å². The third-order valence-corrected chi connectivity index (χ3v) is 5.29. The highest BCUT2D eigenvalue weighted by Crippen LogP contribution is 2.31. The molecule has 0 spiro atoms. The predicted octanol–water partition coefficient (Wildman–Crippen LogP) is 3.92. The molecule has 0 aliphatic heterocycles. The van der Waals surface area contributed by atoms with E-state index in [1.54, 1.807) is 0 Å². The third-order valence-electron chi connectivity index (χ3n) is 4.03. The van der Waals surface area contributed by atoms with E-state index < -0.39 is 23.4 Å². The molecule has 0 radical (unpaired) electrons. The van der Waals surface area contributed by atoms with Crippen LogP contribution in [0.2, 0.25) is 0 Å². The van der Waals surface area contributed by atoms with Crippen LogP contribution in [0.15, 0.2) is 42.5 Å². The molecule has 1 aromatic heterocycles. The van der Waals surface area contributed by atoms with E-state index in [1.165, 1.54) is 36.6 Å². The minimum absolute atomic E-state index is 0.134. The fourth-order valence-corrected chi connectivity index (χ4v) is 3.75. The van der Waals surface area contributed by atoms with Crippen molar-refractivity contribution in [2.24, 2.45) is 0 Å². The molecule has 1 amide bonds. The number of hydrogen-bond acceptors (Lipinski definition) is 7. The van der Waals surface area contributed by atoms with Crippen LogP contribution in [-0.2, 0) is 9.53 Å². The highest BCUT2D eigenvalue weighted by atomic mass is 32.1. The zero-order valence-electron chi connectivity index (χ0n) is 15.1. The summed E-state index contributed by atoms with van der Waals surface area (Å²) in [5.74, 6) is -1.03. The number of rotatable bonds is 6. The van der Waals surface area contributed by atoms with Crippen molar-refractivity contribution >= 4 is 44.7 Å². The second kappa shape index (κ2) is 8.05. The lowest BCUT2D eigenvalue weighted by Crippen LogP contribution is -2.21. The van der Waals surface area contributed by atoms with Crippen molar-refractivity contribution in [2.45, 2.75) is 6.92 Å². The van der Waals surface area contributed by atoms with Gasteiger partial charge in [0.2, 0.25) is 0 Å². The number of ether oxygens (including phenoxy) is 2. The van der Waals surface area contributed by atoms with E-state index in [1.807, 2.05) is 31.2 Å². The Morgan fingerprint density at radius 2 is 1.96 bits per heavy atom. The molecule has 0 atom stereocenters. The predicted molar refractivity (Wildman–Crippen MR) is 105 cm³/mol. The average molecular weight is 400 g/mol. The van der Waals surface area contributed by atoms with Gasteiger partial charge in [-0.15, -0.1) is 11.3 Å². The van der Waals surface area contributed by atoms with Crippen molar-refractivity contribution < 1.29 is 24.0 Å². The Balaban J connectivity index is 1.66. The number of nitrogens with zero attached hydrogens (tertiary/aromatic N) is 1. The lowest BCUT2D eigenvalue weighted by atomic mass is 10.1. The quantitative estimate of drug-likeness (QED) is 0.382. The normalized spacial score (nSPS) is 10.5. The number of aryl methyl sites for hydroxylation is 1. The number of carbonyl (C=O) groups excluding carboxylic acids is 2. The van der Waals surface area contributed by atoms with Gasteiger partial charge in [-0.05, 0) is 30.0 Å². The number of carbonyl (C=O) groups is 2. The molecule has 0 bridgehead atoms. The Morgan fingerprint density at radius 3 is 2.64 bits per heavy atom. The van der Waals surface area contributed by atoms with Crippen LogP contribution in [0, 0.1) is 17.0 Å². The molecule has 9 heteroatoms. The number of nitro groups is 1. The number of amides is 1. The molecule has 0 unspecified atom stereocenters. The number of non-ortho nitro benzene ring substituents is 1. The Kier molecular flexibility index (Phi) is 5.55. The largest absolute Gasteiger partial charge is 0.494 e. The van der Waals surface area contributed by atoms with Crippen molar-refractivity contribution in [2.75, 3.05) is 19.0 Å². The first-order chi connectivity index (χ1) is 13.4. The zero-order valence-corrected chi connectivity index (χ0v) is 15.9. The molecule has 0 aliphatic carbocycles.